The number of ether oxygens (including phenoxy) is 2. The van der Waals surface area contributed by atoms with E-state index in [1.807, 2.05) is 26.0 Å². The van der Waals surface area contributed by atoms with Crippen molar-refractivity contribution in [3.05, 3.63) is 23.9 Å². The third-order valence-electron chi connectivity index (χ3n) is 7.50. The van der Waals surface area contributed by atoms with Crippen LogP contribution in [-0.4, -0.2) is 50.4 Å². The Hall–Kier alpha value is -1.99. The van der Waals surface area contributed by atoms with Gasteiger partial charge >= 0.3 is 0 Å². The van der Waals surface area contributed by atoms with Gasteiger partial charge in [-0.25, -0.2) is 4.98 Å². The standard InChI is InChI=1S/C23H33N3O4.C2H6/c1-29-22(30-2)16-7-9-23(10-8-16)11-13-26(14-12-23)19-5-3-17(15-24-19)18-4-6-20(27)25-21(18)28;1-2/h3,5,15-16,18,22H,4,6-14H2,1-2H3,(H,25,27,28);1-2H3. The molecule has 2 aliphatic heterocycles. The Labute approximate surface area is 192 Å². The lowest BCUT2D eigenvalue weighted by Gasteiger charge is -2.47. The van der Waals surface area contributed by atoms with Crippen molar-refractivity contribution in [2.45, 2.75) is 77.4 Å². The van der Waals surface area contributed by atoms with Gasteiger partial charge in [0.2, 0.25) is 11.8 Å². The number of aromatic nitrogens is 1. The Balaban J connectivity index is 0.00000141. The summed E-state index contributed by atoms with van der Waals surface area (Å²) in [4.78, 5) is 30.4. The van der Waals surface area contributed by atoms with E-state index >= 15 is 0 Å². The molecule has 1 aliphatic carbocycles. The molecule has 1 aromatic heterocycles. The number of carbonyl (C=O) groups excluding carboxylic acids is 2. The lowest BCUT2D eigenvalue weighted by molar-refractivity contribution is -0.150. The van der Waals surface area contributed by atoms with Crippen LogP contribution < -0.4 is 10.2 Å². The smallest absolute Gasteiger partial charge is 0.234 e. The molecule has 1 spiro atoms. The largest absolute Gasteiger partial charge is 0.357 e. The number of carbonyl (C=O) groups is 2. The molecule has 0 bridgehead atoms. The van der Waals surface area contributed by atoms with Crippen molar-refractivity contribution in [2.75, 3.05) is 32.2 Å². The first-order valence-corrected chi connectivity index (χ1v) is 12.1. The summed E-state index contributed by atoms with van der Waals surface area (Å²) < 4.78 is 10.9. The highest BCUT2D eigenvalue weighted by Gasteiger charge is 2.40. The molecular weight excluding hydrogens is 406 g/mol. The summed E-state index contributed by atoms with van der Waals surface area (Å²) >= 11 is 0. The van der Waals surface area contributed by atoms with Crippen LogP contribution >= 0.6 is 0 Å². The number of piperidine rings is 2. The third kappa shape index (κ3) is 5.49. The van der Waals surface area contributed by atoms with Crippen molar-refractivity contribution in [3.63, 3.8) is 0 Å². The number of nitrogens with zero attached hydrogens (tertiary/aromatic N) is 2. The van der Waals surface area contributed by atoms with E-state index in [0.29, 0.717) is 24.2 Å². The van der Waals surface area contributed by atoms with E-state index in [1.54, 1.807) is 20.4 Å². The molecule has 3 heterocycles. The van der Waals surface area contributed by atoms with Gasteiger partial charge in [0.15, 0.2) is 6.29 Å². The first-order chi connectivity index (χ1) is 15.5. The molecule has 1 atom stereocenters. The van der Waals surface area contributed by atoms with Gasteiger partial charge in [-0.3, -0.25) is 14.9 Å². The summed E-state index contributed by atoms with van der Waals surface area (Å²) in [7, 11) is 3.46. The number of anilines is 1. The van der Waals surface area contributed by atoms with Crippen molar-refractivity contribution < 1.29 is 19.1 Å². The Morgan fingerprint density at radius 1 is 1.03 bits per heavy atom. The lowest BCUT2D eigenvalue weighted by atomic mass is 9.65. The van der Waals surface area contributed by atoms with Gasteiger partial charge in [0.25, 0.3) is 0 Å². The van der Waals surface area contributed by atoms with Crippen LogP contribution in [0.25, 0.3) is 0 Å². The van der Waals surface area contributed by atoms with Crippen LogP contribution in [0.2, 0.25) is 0 Å². The number of nitrogens with one attached hydrogen (secondary N) is 1. The van der Waals surface area contributed by atoms with Crippen LogP contribution in [-0.2, 0) is 19.1 Å². The minimum atomic E-state index is -0.271. The molecule has 1 saturated carbocycles. The van der Waals surface area contributed by atoms with Crippen LogP contribution in [0.15, 0.2) is 18.3 Å². The summed E-state index contributed by atoms with van der Waals surface area (Å²) in [6.45, 7) is 6.04. The maximum Gasteiger partial charge on any atom is 0.234 e. The summed E-state index contributed by atoms with van der Waals surface area (Å²) in [6, 6.07) is 4.02. The maximum atomic E-state index is 12.1. The van der Waals surface area contributed by atoms with Gasteiger partial charge in [0.05, 0.1) is 5.92 Å². The average Bonchev–Trinajstić information content (AvgIpc) is 2.83. The molecule has 4 rings (SSSR count). The van der Waals surface area contributed by atoms with Crippen LogP contribution in [0.5, 0.6) is 0 Å². The fourth-order valence-corrected chi connectivity index (χ4v) is 5.52. The van der Waals surface area contributed by atoms with E-state index in [0.717, 1.165) is 24.5 Å². The maximum absolute atomic E-state index is 12.1. The van der Waals surface area contributed by atoms with Gasteiger partial charge in [0.1, 0.15) is 5.82 Å². The van der Waals surface area contributed by atoms with Gasteiger partial charge in [-0.1, -0.05) is 19.9 Å². The summed E-state index contributed by atoms with van der Waals surface area (Å²) in [6.07, 6.45) is 9.91. The third-order valence-corrected chi connectivity index (χ3v) is 7.50. The number of methoxy groups -OCH3 is 2. The van der Waals surface area contributed by atoms with E-state index in [-0.39, 0.29) is 24.0 Å². The van der Waals surface area contributed by atoms with E-state index in [4.69, 9.17) is 9.47 Å². The fourth-order valence-electron chi connectivity index (χ4n) is 5.52. The van der Waals surface area contributed by atoms with Crippen molar-refractivity contribution in [1.82, 2.24) is 10.3 Å². The lowest BCUT2D eigenvalue weighted by Crippen LogP contribution is -2.43. The number of hydrogen-bond acceptors (Lipinski definition) is 6. The highest BCUT2D eigenvalue weighted by atomic mass is 16.7. The van der Waals surface area contributed by atoms with E-state index in [9.17, 15) is 9.59 Å². The average molecular weight is 446 g/mol. The van der Waals surface area contributed by atoms with Gasteiger partial charge in [-0.05, 0) is 62.0 Å². The summed E-state index contributed by atoms with van der Waals surface area (Å²) in [5, 5.41) is 2.42. The molecule has 7 nitrogen and oxygen atoms in total. The number of imide groups is 1. The quantitative estimate of drug-likeness (QED) is 0.545. The van der Waals surface area contributed by atoms with Crippen LogP contribution in [0.4, 0.5) is 5.82 Å². The normalized spacial score (nSPS) is 23.7. The first-order valence-electron chi connectivity index (χ1n) is 12.1. The van der Waals surface area contributed by atoms with Crippen molar-refractivity contribution in [1.29, 1.82) is 0 Å². The second-order valence-electron chi connectivity index (χ2n) is 9.12. The Kier molecular flexibility index (Phi) is 8.65. The Bertz CT molecular complexity index is 745. The fraction of sp³-hybridized carbons (Fsp3) is 0.720. The van der Waals surface area contributed by atoms with Crippen molar-refractivity contribution in [2.24, 2.45) is 11.3 Å². The molecule has 32 heavy (non-hydrogen) atoms. The number of amides is 2. The molecule has 0 radical (unpaired) electrons. The van der Waals surface area contributed by atoms with Crippen molar-refractivity contribution >= 4 is 17.6 Å². The highest BCUT2D eigenvalue weighted by molar-refractivity contribution is 6.00. The van der Waals surface area contributed by atoms with Crippen LogP contribution in [0.3, 0.4) is 0 Å². The highest BCUT2D eigenvalue weighted by Crippen LogP contribution is 2.47. The Morgan fingerprint density at radius 2 is 1.69 bits per heavy atom. The topological polar surface area (TPSA) is 80.8 Å². The van der Waals surface area contributed by atoms with Gasteiger partial charge in [-0.15, -0.1) is 0 Å². The first kappa shape index (κ1) is 24.6. The molecule has 3 aliphatic rings. The van der Waals surface area contributed by atoms with Gasteiger partial charge in [-0.2, -0.15) is 0 Å². The van der Waals surface area contributed by atoms with Gasteiger partial charge < -0.3 is 14.4 Å². The summed E-state index contributed by atoms with van der Waals surface area (Å²) in [5.41, 5.74) is 1.34. The van der Waals surface area contributed by atoms with Crippen LogP contribution in [0, 0.1) is 11.3 Å². The number of rotatable bonds is 5. The zero-order valence-corrected chi connectivity index (χ0v) is 20.1. The minimum absolute atomic E-state index is 0.0745. The molecule has 0 aromatic carbocycles. The van der Waals surface area contributed by atoms with Gasteiger partial charge in [0, 0.05) is 45.8 Å². The molecule has 2 amide bonds. The van der Waals surface area contributed by atoms with E-state index < -0.39 is 0 Å². The molecule has 1 aromatic rings. The molecule has 2 saturated heterocycles. The van der Waals surface area contributed by atoms with E-state index in [2.05, 4.69) is 15.2 Å². The summed E-state index contributed by atoms with van der Waals surface area (Å²) in [5.74, 6) is 0.822. The molecule has 7 heteroatoms. The number of hydrogen-bond donors (Lipinski definition) is 1. The predicted octanol–water partition coefficient (Wildman–Crippen LogP) is 4.02. The molecule has 1 unspecified atom stereocenters. The SMILES string of the molecule is CC.COC(OC)C1CCC2(CC1)CCN(c1ccc(C3CCC(=O)NC3=O)cn1)CC2. The zero-order valence-electron chi connectivity index (χ0n) is 20.1. The minimum Gasteiger partial charge on any atom is -0.357 e. The number of pyridine rings is 1. The zero-order chi connectivity index (χ0) is 23.1. The van der Waals surface area contributed by atoms with E-state index in [1.165, 1.54) is 38.5 Å². The predicted molar refractivity (Wildman–Crippen MR) is 124 cm³/mol. The monoisotopic (exact) mass is 445 g/mol. The molecule has 178 valence electrons. The second kappa shape index (κ2) is 11.2. The second-order valence-corrected chi connectivity index (χ2v) is 9.12. The molecule has 1 N–H and O–H groups in total. The van der Waals surface area contributed by atoms with Crippen molar-refractivity contribution in [3.8, 4) is 0 Å². The Morgan fingerprint density at radius 3 is 2.22 bits per heavy atom. The molecular formula is C25H39N3O4. The molecule has 3 fully saturated rings. The van der Waals surface area contributed by atoms with Crippen LogP contribution in [0.1, 0.15) is 76.7 Å².